The summed E-state index contributed by atoms with van der Waals surface area (Å²) >= 11 is 0. The van der Waals surface area contributed by atoms with Crippen molar-refractivity contribution in [3.8, 4) is 5.75 Å². The minimum absolute atomic E-state index is 0.372. The van der Waals surface area contributed by atoms with E-state index in [1.54, 1.807) is 14.0 Å². The molecule has 4 heteroatoms. The molecule has 1 aromatic carbocycles. The van der Waals surface area contributed by atoms with Crippen LogP contribution >= 0.6 is 0 Å². The summed E-state index contributed by atoms with van der Waals surface area (Å²) in [6, 6.07) is 7.86. The number of aliphatic carboxylic acids is 1. The normalized spacial score (nSPS) is 13.9. The summed E-state index contributed by atoms with van der Waals surface area (Å²) in [5, 5.41) is 11.9. The van der Waals surface area contributed by atoms with E-state index < -0.39 is 11.5 Å². The van der Waals surface area contributed by atoms with Gasteiger partial charge in [0, 0.05) is 6.42 Å². The van der Waals surface area contributed by atoms with Crippen molar-refractivity contribution in [2.24, 2.45) is 0 Å². The highest BCUT2D eigenvalue weighted by Crippen LogP contribution is 2.16. The Bertz CT molecular complexity index is 406. The number of hydrogen-bond donors (Lipinski definition) is 2. The quantitative estimate of drug-likeness (QED) is 0.779. The second-order valence-electron chi connectivity index (χ2n) is 4.49. The molecule has 0 aliphatic heterocycles. The Morgan fingerprint density at radius 1 is 1.50 bits per heavy atom. The van der Waals surface area contributed by atoms with Crippen LogP contribution in [0.25, 0.3) is 0 Å². The fourth-order valence-corrected chi connectivity index (χ4v) is 1.57. The smallest absolute Gasteiger partial charge is 0.323 e. The van der Waals surface area contributed by atoms with Crippen molar-refractivity contribution in [1.29, 1.82) is 0 Å². The number of benzene rings is 1. The second-order valence-corrected chi connectivity index (χ2v) is 4.49. The van der Waals surface area contributed by atoms with Gasteiger partial charge in [0.1, 0.15) is 11.3 Å². The van der Waals surface area contributed by atoms with Gasteiger partial charge in [-0.25, -0.2) is 0 Å². The van der Waals surface area contributed by atoms with Gasteiger partial charge in [0.25, 0.3) is 0 Å². The lowest BCUT2D eigenvalue weighted by Crippen LogP contribution is -2.48. The summed E-state index contributed by atoms with van der Waals surface area (Å²) < 4.78 is 5.59. The number of likely N-dealkylation sites (N-methyl/N-ethyl adjacent to an activating group) is 1. The molecule has 100 valence electrons. The van der Waals surface area contributed by atoms with Gasteiger partial charge in [-0.05, 0) is 38.1 Å². The van der Waals surface area contributed by atoms with Gasteiger partial charge in [-0.2, -0.15) is 0 Å². The van der Waals surface area contributed by atoms with Gasteiger partial charge in [-0.3, -0.25) is 4.79 Å². The van der Waals surface area contributed by atoms with Crippen LogP contribution in [0.5, 0.6) is 5.75 Å². The minimum Gasteiger partial charge on any atom is -0.493 e. The van der Waals surface area contributed by atoms with Gasteiger partial charge in [-0.15, -0.1) is 0 Å². The lowest BCUT2D eigenvalue weighted by Gasteiger charge is -2.24. The first kappa shape index (κ1) is 14.5. The van der Waals surface area contributed by atoms with Crippen molar-refractivity contribution in [3.63, 3.8) is 0 Å². The van der Waals surface area contributed by atoms with E-state index in [1.807, 2.05) is 24.3 Å². The molecule has 1 unspecified atom stereocenters. The SMILES string of the molecule is CCc1cccc(OCCC(C)(NC)C(=O)O)c1. The molecule has 0 heterocycles. The standard InChI is InChI=1S/C14H21NO3/c1-4-11-6-5-7-12(10-11)18-9-8-14(2,15-3)13(16)17/h5-7,10,15H,4,8-9H2,1-3H3,(H,16,17). The zero-order chi connectivity index (χ0) is 13.6. The van der Waals surface area contributed by atoms with E-state index in [9.17, 15) is 4.79 Å². The van der Waals surface area contributed by atoms with E-state index in [1.165, 1.54) is 5.56 Å². The first-order valence-corrected chi connectivity index (χ1v) is 6.16. The van der Waals surface area contributed by atoms with Crippen molar-refractivity contribution in [2.75, 3.05) is 13.7 Å². The van der Waals surface area contributed by atoms with Crippen molar-refractivity contribution in [2.45, 2.75) is 32.2 Å². The topological polar surface area (TPSA) is 58.6 Å². The number of nitrogens with one attached hydrogen (secondary N) is 1. The van der Waals surface area contributed by atoms with Crippen LogP contribution in [0.3, 0.4) is 0 Å². The number of carboxylic acids is 1. The Morgan fingerprint density at radius 3 is 2.78 bits per heavy atom. The van der Waals surface area contributed by atoms with Gasteiger partial charge < -0.3 is 15.2 Å². The molecular weight excluding hydrogens is 230 g/mol. The Kier molecular flexibility index (Phi) is 5.16. The number of aryl methyl sites for hydroxylation is 1. The highest BCUT2D eigenvalue weighted by Gasteiger charge is 2.30. The molecule has 2 N–H and O–H groups in total. The molecule has 18 heavy (non-hydrogen) atoms. The number of ether oxygens (including phenoxy) is 1. The maximum atomic E-state index is 11.1. The van der Waals surface area contributed by atoms with Crippen LogP contribution in [-0.2, 0) is 11.2 Å². The van der Waals surface area contributed by atoms with Crippen LogP contribution in [0.2, 0.25) is 0 Å². The molecule has 0 saturated carbocycles. The summed E-state index contributed by atoms with van der Waals surface area (Å²) in [6.07, 6.45) is 1.37. The lowest BCUT2D eigenvalue weighted by atomic mass is 9.99. The van der Waals surface area contributed by atoms with Crippen molar-refractivity contribution in [3.05, 3.63) is 29.8 Å². The molecule has 0 aliphatic rings. The van der Waals surface area contributed by atoms with E-state index >= 15 is 0 Å². The summed E-state index contributed by atoms with van der Waals surface area (Å²) in [6.45, 7) is 4.11. The fourth-order valence-electron chi connectivity index (χ4n) is 1.57. The lowest BCUT2D eigenvalue weighted by molar-refractivity contribution is -0.144. The van der Waals surface area contributed by atoms with Gasteiger partial charge in [-0.1, -0.05) is 19.1 Å². The predicted octanol–water partition coefficient (Wildman–Crippen LogP) is 2.08. The monoisotopic (exact) mass is 251 g/mol. The summed E-state index contributed by atoms with van der Waals surface area (Å²) in [7, 11) is 1.64. The molecule has 1 atom stereocenters. The van der Waals surface area contributed by atoms with E-state index in [-0.39, 0.29) is 0 Å². The molecule has 4 nitrogen and oxygen atoms in total. The maximum absolute atomic E-state index is 11.1. The molecule has 0 bridgehead atoms. The van der Waals surface area contributed by atoms with Gasteiger partial charge in [0.15, 0.2) is 0 Å². The highest BCUT2D eigenvalue weighted by atomic mass is 16.5. The third-order valence-electron chi connectivity index (χ3n) is 3.20. The van der Waals surface area contributed by atoms with Crippen LogP contribution in [0, 0.1) is 0 Å². The Balaban J connectivity index is 2.53. The summed E-state index contributed by atoms with van der Waals surface area (Å²) in [5.41, 5.74) is 0.268. The maximum Gasteiger partial charge on any atom is 0.323 e. The average molecular weight is 251 g/mol. The van der Waals surface area contributed by atoms with E-state index in [4.69, 9.17) is 9.84 Å². The molecular formula is C14H21NO3. The number of carbonyl (C=O) groups is 1. The number of hydrogen-bond acceptors (Lipinski definition) is 3. The van der Waals surface area contributed by atoms with Gasteiger partial charge in [0.2, 0.25) is 0 Å². The molecule has 0 fully saturated rings. The first-order chi connectivity index (χ1) is 8.51. The largest absolute Gasteiger partial charge is 0.493 e. The molecule has 0 spiro atoms. The predicted molar refractivity (Wildman–Crippen MR) is 71.0 cm³/mol. The van der Waals surface area contributed by atoms with Gasteiger partial charge >= 0.3 is 5.97 Å². The Labute approximate surface area is 108 Å². The average Bonchev–Trinajstić information content (AvgIpc) is 2.38. The molecule has 1 aromatic rings. The van der Waals surface area contributed by atoms with Crippen LogP contribution < -0.4 is 10.1 Å². The van der Waals surface area contributed by atoms with Crippen LogP contribution in [0.1, 0.15) is 25.8 Å². The zero-order valence-electron chi connectivity index (χ0n) is 11.2. The first-order valence-electron chi connectivity index (χ1n) is 6.16. The van der Waals surface area contributed by atoms with E-state index in [0.29, 0.717) is 13.0 Å². The number of carboxylic acid groups (broad SMARTS) is 1. The molecule has 0 radical (unpaired) electrons. The van der Waals surface area contributed by atoms with E-state index in [2.05, 4.69) is 12.2 Å². The second kappa shape index (κ2) is 6.40. The molecule has 1 rings (SSSR count). The Hall–Kier alpha value is -1.55. The Morgan fingerprint density at radius 2 is 2.22 bits per heavy atom. The zero-order valence-corrected chi connectivity index (χ0v) is 11.2. The van der Waals surface area contributed by atoms with Crippen LogP contribution in [-0.4, -0.2) is 30.3 Å². The minimum atomic E-state index is -0.942. The third kappa shape index (κ3) is 3.74. The highest BCUT2D eigenvalue weighted by molar-refractivity contribution is 5.78. The van der Waals surface area contributed by atoms with Crippen molar-refractivity contribution >= 4 is 5.97 Å². The summed E-state index contributed by atoms with van der Waals surface area (Å²) in [4.78, 5) is 11.1. The summed E-state index contributed by atoms with van der Waals surface area (Å²) in [5.74, 6) is -0.0749. The van der Waals surface area contributed by atoms with Crippen LogP contribution in [0.4, 0.5) is 0 Å². The van der Waals surface area contributed by atoms with Crippen LogP contribution in [0.15, 0.2) is 24.3 Å². The van der Waals surface area contributed by atoms with Gasteiger partial charge in [0.05, 0.1) is 6.61 Å². The molecule has 0 aliphatic carbocycles. The fraction of sp³-hybridized carbons (Fsp3) is 0.500. The molecule has 0 aromatic heterocycles. The molecule has 0 saturated heterocycles. The number of rotatable bonds is 7. The van der Waals surface area contributed by atoms with E-state index in [0.717, 1.165) is 12.2 Å². The third-order valence-corrected chi connectivity index (χ3v) is 3.20. The van der Waals surface area contributed by atoms with Crippen molar-refractivity contribution < 1.29 is 14.6 Å². The van der Waals surface area contributed by atoms with Crippen molar-refractivity contribution in [1.82, 2.24) is 5.32 Å². The molecule has 0 amide bonds.